The Morgan fingerprint density at radius 3 is 2.32 bits per heavy atom. The molecule has 0 aromatic heterocycles. The number of urea groups is 1. The van der Waals surface area contributed by atoms with Crippen LogP contribution in [0.3, 0.4) is 0 Å². The van der Waals surface area contributed by atoms with Gasteiger partial charge in [0.2, 0.25) is 10.0 Å². The van der Waals surface area contributed by atoms with E-state index < -0.39 is 16.1 Å². The lowest BCUT2D eigenvalue weighted by atomic mass is 10.3. The van der Waals surface area contributed by atoms with Gasteiger partial charge in [-0.3, -0.25) is 0 Å². The minimum absolute atomic E-state index is 0.0488. The van der Waals surface area contributed by atoms with Gasteiger partial charge < -0.3 is 10.6 Å². The lowest BCUT2D eigenvalue weighted by Gasteiger charge is -2.10. The van der Waals surface area contributed by atoms with Crippen molar-refractivity contribution in [1.82, 2.24) is 10.0 Å². The Hall–Kier alpha value is -1.32. The molecular formula is C15H14BrCl2N3O3S. The van der Waals surface area contributed by atoms with Crippen molar-refractivity contribution in [3.8, 4) is 0 Å². The summed E-state index contributed by atoms with van der Waals surface area (Å²) in [6, 6.07) is 10.4. The van der Waals surface area contributed by atoms with Crippen LogP contribution in [0.2, 0.25) is 10.0 Å². The van der Waals surface area contributed by atoms with Crippen molar-refractivity contribution < 1.29 is 13.2 Å². The lowest BCUT2D eigenvalue weighted by Crippen LogP contribution is -2.36. The Balaban J connectivity index is 1.79. The molecule has 0 unspecified atom stereocenters. The van der Waals surface area contributed by atoms with E-state index in [9.17, 15) is 13.2 Å². The summed E-state index contributed by atoms with van der Waals surface area (Å²) in [7, 11) is -3.62. The highest BCUT2D eigenvalue weighted by molar-refractivity contribution is 9.10. The van der Waals surface area contributed by atoms with E-state index in [1.807, 2.05) is 0 Å². The van der Waals surface area contributed by atoms with Gasteiger partial charge in [-0.25, -0.2) is 17.9 Å². The first-order valence-corrected chi connectivity index (χ1v) is 10.1. The molecular weight excluding hydrogens is 453 g/mol. The highest BCUT2D eigenvalue weighted by atomic mass is 79.9. The van der Waals surface area contributed by atoms with Crippen LogP contribution in [-0.4, -0.2) is 27.5 Å². The molecule has 2 rings (SSSR count). The zero-order valence-corrected chi connectivity index (χ0v) is 16.6. The monoisotopic (exact) mass is 465 g/mol. The van der Waals surface area contributed by atoms with Gasteiger partial charge in [-0.1, -0.05) is 39.1 Å². The van der Waals surface area contributed by atoms with Crippen molar-refractivity contribution in [3.05, 3.63) is 57.0 Å². The van der Waals surface area contributed by atoms with Crippen molar-refractivity contribution in [1.29, 1.82) is 0 Å². The van der Waals surface area contributed by atoms with Gasteiger partial charge in [-0.2, -0.15) is 0 Å². The van der Waals surface area contributed by atoms with Crippen LogP contribution in [0, 0.1) is 0 Å². The third kappa shape index (κ3) is 6.16. The number of hydrogen-bond donors (Lipinski definition) is 3. The molecule has 25 heavy (non-hydrogen) atoms. The maximum atomic E-state index is 12.1. The number of benzene rings is 2. The summed E-state index contributed by atoms with van der Waals surface area (Å²) in [5.74, 6) is 0. The normalized spacial score (nSPS) is 11.2. The second-order valence-electron chi connectivity index (χ2n) is 4.86. The first kappa shape index (κ1) is 20.0. The molecule has 0 saturated heterocycles. The minimum Gasteiger partial charge on any atom is -0.337 e. The van der Waals surface area contributed by atoms with Crippen molar-refractivity contribution >= 4 is 60.9 Å². The first-order valence-electron chi connectivity index (χ1n) is 7.03. The summed E-state index contributed by atoms with van der Waals surface area (Å²) >= 11 is 14.9. The van der Waals surface area contributed by atoms with E-state index in [2.05, 4.69) is 31.3 Å². The molecule has 0 spiro atoms. The Morgan fingerprint density at radius 1 is 1.00 bits per heavy atom. The second kappa shape index (κ2) is 8.86. The molecule has 134 valence electrons. The average molecular weight is 467 g/mol. The average Bonchev–Trinajstić information content (AvgIpc) is 2.55. The standard InChI is InChI=1S/C15H14BrCl2N3O3S/c16-10-1-4-12(5-2-10)25(23,24)20-8-7-19-15(22)21-11-3-6-13(17)14(18)9-11/h1-6,9,20H,7-8H2,(H2,19,21,22). The minimum atomic E-state index is -3.62. The summed E-state index contributed by atoms with van der Waals surface area (Å²) in [6.07, 6.45) is 0. The van der Waals surface area contributed by atoms with Crippen molar-refractivity contribution in [2.24, 2.45) is 0 Å². The quantitative estimate of drug-likeness (QED) is 0.565. The van der Waals surface area contributed by atoms with Gasteiger partial charge >= 0.3 is 6.03 Å². The van der Waals surface area contributed by atoms with Crippen LogP contribution >= 0.6 is 39.1 Å². The van der Waals surface area contributed by atoms with Gasteiger partial charge in [0.15, 0.2) is 0 Å². The Morgan fingerprint density at radius 2 is 1.68 bits per heavy atom. The van der Waals surface area contributed by atoms with Crippen LogP contribution in [0.15, 0.2) is 51.8 Å². The van der Waals surface area contributed by atoms with E-state index in [1.165, 1.54) is 18.2 Å². The molecule has 3 N–H and O–H groups in total. The zero-order valence-electron chi connectivity index (χ0n) is 12.7. The number of anilines is 1. The van der Waals surface area contributed by atoms with Gasteiger partial charge in [0.1, 0.15) is 0 Å². The van der Waals surface area contributed by atoms with E-state index in [-0.39, 0.29) is 18.0 Å². The summed E-state index contributed by atoms with van der Waals surface area (Å²) in [4.78, 5) is 11.9. The number of hydrogen-bond acceptors (Lipinski definition) is 3. The lowest BCUT2D eigenvalue weighted by molar-refractivity contribution is 0.252. The maximum Gasteiger partial charge on any atom is 0.319 e. The second-order valence-corrected chi connectivity index (χ2v) is 8.36. The van der Waals surface area contributed by atoms with E-state index in [0.29, 0.717) is 15.7 Å². The Kier molecular flexibility index (Phi) is 7.09. The number of carbonyl (C=O) groups is 1. The first-order chi connectivity index (χ1) is 11.8. The van der Waals surface area contributed by atoms with Gasteiger partial charge in [0.25, 0.3) is 0 Å². The van der Waals surface area contributed by atoms with Crippen LogP contribution in [0.5, 0.6) is 0 Å². The largest absolute Gasteiger partial charge is 0.337 e. The molecule has 0 radical (unpaired) electrons. The number of carbonyl (C=O) groups excluding carboxylic acids is 1. The molecule has 0 aliphatic rings. The van der Waals surface area contributed by atoms with Gasteiger partial charge in [0, 0.05) is 23.2 Å². The molecule has 6 nitrogen and oxygen atoms in total. The number of nitrogens with one attached hydrogen (secondary N) is 3. The predicted octanol–water partition coefficient (Wildman–Crippen LogP) is 3.86. The molecule has 0 aliphatic heterocycles. The van der Waals surface area contributed by atoms with Crippen LogP contribution in [0.1, 0.15) is 0 Å². The predicted molar refractivity (Wildman–Crippen MR) is 103 cm³/mol. The molecule has 0 heterocycles. The van der Waals surface area contributed by atoms with E-state index in [0.717, 1.165) is 4.47 Å². The smallest absolute Gasteiger partial charge is 0.319 e. The number of rotatable bonds is 6. The van der Waals surface area contributed by atoms with Crippen LogP contribution in [-0.2, 0) is 10.0 Å². The molecule has 2 aromatic carbocycles. The number of halogens is 3. The SMILES string of the molecule is O=C(NCCNS(=O)(=O)c1ccc(Br)cc1)Nc1ccc(Cl)c(Cl)c1. The highest BCUT2D eigenvalue weighted by Gasteiger charge is 2.13. The van der Waals surface area contributed by atoms with Crippen molar-refractivity contribution in [2.45, 2.75) is 4.90 Å². The number of sulfonamides is 1. The molecule has 0 fully saturated rings. The Bertz CT molecular complexity index is 861. The van der Waals surface area contributed by atoms with Crippen LogP contribution < -0.4 is 15.4 Å². The van der Waals surface area contributed by atoms with Gasteiger partial charge in [-0.15, -0.1) is 0 Å². The third-order valence-corrected chi connectivity index (χ3v) is 5.75. The number of amides is 2. The summed E-state index contributed by atoms with van der Waals surface area (Å²) in [5.41, 5.74) is 0.474. The van der Waals surface area contributed by atoms with Crippen molar-refractivity contribution in [3.63, 3.8) is 0 Å². The fourth-order valence-corrected chi connectivity index (χ4v) is 3.40. The van der Waals surface area contributed by atoms with E-state index in [4.69, 9.17) is 23.2 Å². The Labute approximate surface area is 164 Å². The fraction of sp³-hybridized carbons (Fsp3) is 0.133. The molecule has 0 bridgehead atoms. The van der Waals surface area contributed by atoms with Gasteiger partial charge in [-0.05, 0) is 42.5 Å². The molecule has 2 amide bonds. The molecule has 0 saturated carbocycles. The summed E-state index contributed by atoms with van der Waals surface area (Å²) in [6.45, 7) is 0.163. The summed E-state index contributed by atoms with van der Waals surface area (Å²) < 4.78 is 27.3. The van der Waals surface area contributed by atoms with Crippen LogP contribution in [0.4, 0.5) is 10.5 Å². The van der Waals surface area contributed by atoms with Crippen molar-refractivity contribution in [2.75, 3.05) is 18.4 Å². The zero-order chi connectivity index (χ0) is 18.4. The highest BCUT2D eigenvalue weighted by Crippen LogP contribution is 2.24. The van der Waals surface area contributed by atoms with E-state index in [1.54, 1.807) is 24.3 Å². The molecule has 10 heteroatoms. The third-order valence-electron chi connectivity index (χ3n) is 3.00. The molecule has 0 atom stereocenters. The molecule has 0 aliphatic carbocycles. The van der Waals surface area contributed by atoms with E-state index >= 15 is 0 Å². The maximum absolute atomic E-state index is 12.1. The topological polar surface area (TPSA) is 87.3 Å². The van der Waals surface area contributed by atoms with Crippen LogP contribution in [0.25, 0.3) is 0 Å². The molecule has 2 aromatic rings. The summed E-state index contributed by atoms with van der Waals surface area (Å²) in [5, 5.41) is 5.81. The van der Waals surface area contributed by atoms with Gasteiger partial charge in [0.05, 0.1) is 14.9 Å². The fourth-order valence-electron chi connectivity index (χ4n) is 1.81.